The summed E-state index contributed by atoms with van der Waals surface area (Å²) < 4.78 is 43.0. The number of aromatic nitrogens is 1. The second-order valence-electron chi connectivity index (χ2n) is 9.75. The van der Waals surface area contributed by atoms with E-state index in [4.69, 9.17) is 23.2 Å². The Morgan fingerprint density at radius 3 is 2.33 bits per heavy atom. The maximum Gasteiger partial charge on any atom is 0.418 e. The number of carbonyl (C=O) groups excluding carboxylic acids is 3. The number of anilines is 2. The number of para-hydroxylation sites is 2. The smallest absolute Gasteiger partial charge is 0.325 e. The van der Waals surface area contributed by atoms with Crippen LogP contribution in [0.4, 0.5) is 24.5 Å². The van der Waals surface area contributed by atoms with Gasteiger partial charge in [-0.1, -0.05) is 88.8 Å². The van der Waals surface area contributed by atoms with E-state index in [1.165, 1.54) is 22.8 Å². The topological polar surface area (TPSA) is 88.5 Å². The number of nitrogens with zero attached hydrogens (tertiary/aromatic N) is 2. The minimum Gasteiger partial charge on any atom is -0.325 e. The van der Waals surface area contributed by atoms with E-state index in [-0.39, 0.29) is 15.1 Å². The molecular weight excluding hydrogens is 646 g/mol. The van der Waals surface area contributed by atoms with Crippen molar-refractivity contribution in [1.29, 1.82) is 0 Å². The van der Waals surface area contributed by atoms with Gasteiger partial charge in [0.1, 0.15) is 11.8 Å². The Kier molecular flexibility index (Phi) is 7.66. The molecular formula is C29H18Cl2F3N3O4S2. The van der Waals surface area contributed by atoms with E-state index in [0.29, 0.717) is 21.0 Å². The van der Waals surface area contributed by atoms with Crippen molar-refractivity contribution in [1.82, 2.24) is 4.57 Å². The lowest BCUT2D eigenvalue weighted by atomic mass is 9.83. The number of rotatable bonds is 5. The molecule has 1 saturated heterocycles. The lowest BCUT2D eigenvalue weighted by Gasteiger charge is -2.31. The first-order chi connectivity index (χ1) is 20.5. The molecule has 0 saturated carbocycles. The molecule has 1 fully saturated rings. The molecule has 14 heteroatoms. The lowest BCUT2D eigenvalue weighted by molar-refractivity contribution is -0.137. The third-order valence-corrected chi connectivity index (χ3v) is 10.6. The van der Waals surface area contributed by atoms with Crippen molar-refractivity contribution in [3.05, 3.63) is 109 Å². The van der Waals surface area contributed by atoms with Crippen LogP contribution in [0.25, 0.3) is 0 Å². The molecule has 4 aromatic rings. The molecule has 1 aromatic heterocycles. The Bertz CT molecular complexity index is 1840. The summed E-state index contributed by atoms with van der Waals surface area (Å²) >= 11 is 14.6. The summed E-state index contributed by atoms with van der Waals surface area (Å²) in [5, 5.41) is 1.99. The minimum atomic E-state index is -4.83. The number of hydrogen-bond acceptors (Lipinski definition) is 6. The number of halogens is 5. The maximum absolute atomic E-state index is 14.0. The van der Waals surface area contributed by atoms with Gasteiger partial charge < -0.3 is 5.32 Å². The molecule has 3 amide bonds. The van der Waals surface area contributed by atoms with E-state index < -0.39 is 63.7 Å². The van der Waals surface area contributed by atoms with Crippen LogP contribution in [0.1, 0.15) is 21.9 Å². The predicted molar refractivity (Wildman–Crippen MR) is 159 cm³/mol. The number of carbonyl (C=O) groups is 3. The molecule has 0 radical (unpaired) electrons. The zero-order valence-electron chi connectivity index (χ0n) is 21.6. The number of nitrogens with one attached hydrogen (secondary N) is 1. The van der Waals surface area contributed by atoms with Crippen LogP contribution in [0.5, 0.6) is 0 Å². The van der Waals surface area contributed by atoms with Gasteiger partial charge in [0.05, 0.1) is 32.2 Å². The van der Waals surface area contributed by atoms with E-state index >= 15 is 0 Å². The van der Waals surface area contributed by atoms with Crippen LogP contribution >= 0.6 is 46.3 Å². The molecule has 220 valence electrons. The summed E-state index contributed by atoms with van der Waals surface area (Å²) in [6, 6.07) is 17.7. The minimum absolute atomic E-state index is 0.0781. The summed E-state index contributed by atoms with van der Waals surface area (Å²) in [7, 11) is 0. The molecule has 3 aromatic carbocycles. The highest BCUT2D eigenvalue weighted by atomic mass is 35.5. The van der Waals surface area contributed by atoms with Gasteiger partial charge in [-0.05, 0) is 35.9 Å². The van der Waals surface area contributed by atoms with E-state index in [2.05, 4.69) is 5.32 Å². The molecule has 0 bridgehead atoms. The van der Waals surface area contributed by atoms with Gasteiger partial charge in [0.25, 0.3) is 0 Å². The average Bonchev–Trinajstić information content (AvgIpc) is 3.41. The van der Waals surface area contributed by atoms with Crippen molar-refractivity contribution in [2.45, 2.75) is 28.9 Å². The third kappa shape index (κ3) is 5.16. The van der Waals surface area contributed by atoms with Crippen molar-refractivity contribution in [3.8, 4) is 0 Å². The fraction of sp³-hybridized carbons (Fsp3) is 0.172. The van der Waals surface area contributed by atoms with Crippen molar-refractivity contribution in [2.24, 2.45) is 5.92 Å². The Labute approximate surface area is 260 Å². The number of thioether (sulfide) groups is 1. The van der Waals surface area contributed by atoms with E-state index in [1.807, 2.05) is 0 Å². The molecule has 7 nitrogen and oxygen atoms in total. The van der Waals surface area contributed by atoms with Crippen LogP contribution in [-0.4, -0.2) is 27.5 Å². The average molecular weight is 665 g/mol. The van der Waals surface area contributed by atoms with Crippen molar-refractivity contribution < 1.29 is 27.6 Å². The highest BCUT2D eigenvalue weighted by Gasteiger charge is 2.58. The van der Waals surface area contributed by atoms with Gasteiger partial charge in [-0.15, -0.1) is 0 Å². The van der Waals surface area contributed by atoms with Crippen LogP contribution in [0, 0.1) is 5.92 Å². The third-order valence-electron chi connectivity index (χ3n) is 7.18. The number of imide groups is 1. The van der Waals surface area contributed by atoms with E-state index in [9.17, 15) is 32.3 Å². The summed E-state index contributed by atoms with van der Waals surface area (Å²) in [6.07, 6.45) is -4.83. The number of benzene rings is 3. The van der Waals surface area contributed by atoms with Gasteiger partial charge in [0.15, 0.2) is 0 Å². The fourth-order valence-corrected chi connectivity index (χ4v) is 8.55. The van der Waals surface area contributed by atoms with E-state index in [0.717, 1.165) is 35.2 Å². The Balaban J connectivity index is 1.47. The molecule has 3 atom stereocenters. The van der Waals surface area contributed by atoms with Gasteiger partial charge in [-0.2, -0.15) is 13.2 Å². The number of fused-ring (bicyclic) bond motifs is 2. The highest BCUT2D eigenvalue weighted by molar-refractivity contribution is 8.00. The second kappa shape index (κ2) is 11.2. The Hall–Kier alpha value is -3.58. The fourth-order valence-electron chi connectivity index (χ4n) is 5.36. The molecule has 43 heavy (non-hydrogen) atoms. The second-order valence-corrected chi connectivity index (χ2v) is 12.7. The molecule has 3 heterocycles. The van der Waals surface area contributed by atoms with Gasteiger partial charge in [-0.25, -0.2) is 4.90 Å². The Morgan fingerprint density at radius 2 is 1.60 bits per heavy atom. The summed E-state index contributed by atoms with van der Waals surface area (Å²) in [5.41, 5.74) is -0.877. The molecule has 2 aliphatic heterocycles. The van der Waals surface area contributed by atoms with Crippen molar-refractivity contribution in [3.63, 3.8) is 0 Å². The predicted octanol–water partition coefficient (Wildman–Crippen LogP) is 6.67. The zero-order valence-corrected chi connectivity index (χ0v) is 24.7. The van der Waals surface area contributed by atoms with Crippen LogP contribution < -0.4 is 15.1 Å². The summed E-state index contributed by atoms with van der Waals surface area (Å²) in [4.78, 5) is 54.5. The van der Waals surface area contributed by atoms with Gasteiger partial charge in [0.2, 0.25) is 17.7 Å². The molecule has 6 rings (SSSR count). The summed E-state index contributed by atoms with van der Waals surface area (Å²) in [6.45, 7) is -0.400. The monoisotopic (exact) mass is 663 g/mol. The normalized spacial score (nSPS) is 19.7. The molecule has 1 N–H and O–H groups in total. The SMILES string of the molecule is O=C(Cn1c2c(sc1=O)C(c1cccc(Cl)c1Cl)C1C(=O)N(c3ccccc3C(F)(F)F)C(=O)C1S2)Nc1ccccc1. The number of hydrogen-bond donors (Lipinski definition) is 1. The summed E-state index contributed by atoms with van der Waals surface area (Å²) in [5.74, 6) is -4.44. The largest absolute Gasteiger partial charge is 0.418 e. The van der Waals surface area contributed by atoms with E-state index in [1.54, 1.807) is 42.5 Å². The van der Waals surface area contributed by atoms with Gasteiger partial charge in [0, 0.05) is 16.5 Å². The molecule has 0 aliphatic carbocycles. The number of alkyl halides is 3. The quantitative estimate of drug-likeness (QED) is 0.241. The van der Waals surface area contributed by atoms with Gasteiger partial charge >= 0.3 is 11.0 Å². The maximum atomic E-state index is 14.0. The zero-order chi connectivity index (χ0) is 30.6. The molecule has 0 spiro atoms. The number of thiazole rings is 1. The first-order valence-electron chi connectivity index (χ1n) is 12.7. The molecule has 2 aliphatic rings. The Morgan fingerprint density at radius 1 is 0.907 bits per heavy atom. The van der Waals surface area contributed by atoms with Crippen LogP contribution in [0.2, 0.25) is 10.0 Å². The number of amides is 3. The van der Waals surface area contributed by atoms with Crippen molar-refractivity contribution >= 4 is 75.4 Å². The van der Waals surface area contributed by atoms with Crippen LogP contribution in [0.15, 0.2) is 82.6 Å². The lowest BCUT2D eigenvalue weighted by Crippen LogP contribution is -2.33. The van der Waals surface area contributed by atoms with Gasteiger partial charge in [-0.3, -0.25) is 23.7 Å². The molecule has 3 unspecified atom stereocenters. The van der Waals surface area contributed by atoms with Crippen LogP contribution in [-0.2, 0) is 27.1 Å². The first kappa shape index (κ1) is 29.5. The first-order valence-corrected chi connectivity index (χ1v) is 15.2. The highest BCUT2D eigenvalue weighted by Crippen LogP contribution is 2.55. The van der Waals surface area contributed by atoms with Crippen molar-refractivity contribution in [2.75, 3.05) is 10.2 Å². The standard InChI is InChI=1S/C29H18Cl2F3N3O4S2/c30-17-11-6-9-15(22(17)31)20-21-23(26(40)37(25(21)39)18-12-5-4-10-16(18)29(32,33)34)42-27-24(20)43-28(41)36(27)13-19(38)35-14-7-2-1-3-8-14/h1-12,20-21,23H,13H2,(H,35,38). The van der Waals surface area contributed by atoms with Crippen LogP contribution in [0.3, 0.4) is 0 Å².